The lowest BCUT2D eigenvalue weighted by atomic mass is 10.3. The number of rotatable bonds is 5. The standard InChI is InChI=1S/C18H17ClF2N2O4S/c19-14-11-13(5-6-15(14)20)28(25,26)23-9-7-22(8-10-23)18(24)12-27-17-4-2-1-3-16(17)21/h1-6,11H,7-10,12H2. The molecule has 6 nitrogen and oxygen atoms in total. The molecule has 10 heteroatoms. The van der Waals surface area contributed by atoms with Crippen LogP contribution in [0.3, 0.4) is 0 Å². The van der Waals surface area contributed by atoms with Crippen molar-refractivity contribution in [3.63, 3.8) is 0 Å². The van der Waals surface area contributed by atoms with Crippen LogP contribution in [0.15, 0.2) is 47.4 Å². The van der Waals surface area contributed by atoms with Crippen molar-refractivity contribution in [1.82, 2.24) is 9.21 Å². The van der Waals surface area contributed by atoms with Gasteiger partial charge in [0.15, 0.2) is 18.2 Å². The van der Waals surface area contributed by atoms with Crippen LogP contribution in [0, 0.1) is 11.6 Å². The van der Waals surface area contributed by atoms with Gasteiger partial charge in [-0.1, -0.05) is 23.7 Å². The minimum absolute atomic E-state index is 0.0229. The number of hydrogen-bond donors (Lipinski definition) is 0. The molecule has 1 saturated heterocycles. The number of nitrogens with zero attached hydrogens (tertiary/aromatic N) is 2. The smallest absolute Gasteiger partial charge is 0.260 e. The zero-order chi connectivity index (χ0) is 20.3. The largest absolute Gasteiger partial charge is 0.481 e. The Balaban J connectivity index is 1.58. The van der Waals surface area contributed by atoms with Crippen LogP contribution < -0.4 is 4.74 Å². The zero-order valence-electron chi connectivity index (χ0n) is 14.6. The van der Waals surface area contributed by atoms with E-state index in [1.165, 1.54) is 27.4 Å². The van der Waals surface area contributed by atoms with Gasteiger partial charge in [0.25, 0.3) is 5.91 Å². The molecule has 2 aromatic rings. The fraction of sp³-hybridized carbons (Fsp3) is 0.278. The number of halogens is 3. The van der Waals surface area contributed by atoms with E-state index in [0.29, 0.717) is 0 Å². The van der Waals surface area contributed by atoms with E-state index >= 15 is 0 Å². The predicted octanol–water partition coefficient (Wildman–Crippen LogP) is 2.53. The normalized spacial score (nSPS) is 15.5. The van der Waals surface area contributed by atoms with E-state index in [1.807, 2.05) is 0 Å². The van der Waals surface area contributed by atoms with Crippen molar-refractivity contribution in [2.75, 3.05) is 32.8 Å². The molecule has 0 spiro atoms. The van der Waals surface area contributed by atoms with E-state index < -0.39 is 21.7 Å². The molecule has 1 amide bonds. The van der Waals surface area contributed by atoms with Gasteiger partial charge in [0.05, 0.1) is 9.92 Å². The molecule has 0 saturated carbocycles. The highest BCUT2D eigenvalue weighted by Gasteiger charge is 2.30. The Morgan fingerprint density at radius 3 is 2.36 bits per heavy atom. The number of sulfonamides is 1. The molecule has 0 unspecified atom stereocenters. The van der Waals surface area contributed by atoms with Crippen LogP contribution in [-0.4, -0.2) is 56.3 Å². The summed E-state index contributed by atoms with van der Waals surface area (Å²) in [5.74, 6) is -1.66. The van der Waals surface area contributed by atoms with Gasteiger partial charge in [-0.25, -0.2) is 17.2 Å². The summed E-state index contributed by atoms with van der Waals surface area (Å²) in [4.78, 5) is 13.6. The van der Waals surface area contributed by atoms with Crippen LogP contribution >= 0.6 is 11.6 Å². The number of amides is 1. The lowest BCUT2D eigenvalue weighted by Crippen LogP contribution is -2.51. The van der Waals surface area contributed by atoms with Crippen LogP contribution in [0.1, 0.15) is 0 Å². The topological polar surface area (TPSA) is 66.9 Å². The van der Waals surface area contributed by atoms with Gasteiger partial charge in [0.1, 0.15) is 5.82 Å². The van der Waals surface area contributed by atoms with Crippen molar-refractivity contribution < 1.29 is 26.7 Å². The van der Waals surface area contributed by atoms with Crippen LogP contribution in [0.2, 0.25) is 5.02 Å². The van der Waals surface area contributed by atoms with E-state index in [9.17, 15) is 22.0 Å². The molecule has 1 fully saturated rings. The van der Waals surface area contributed by atoms with Crippen molar-refractivity contribution in [3.05, 3.63) is 59.1 Å². The van der Waals surface area contributed by atoms with Crippen molar-refractivity contribution in [2.45, 2.75) is 4.90 Å². The molecular weight excluding hydrogens is 414 g/mol. The van der Waals surface area contributed by atoms with Crippen LogP contribution in [-0.2, 0) is 14.8 Å². The third kappa shape index (κ3) is 4.43. The summed E-state index contributed by atoms with van der Waals surface area (Å²) in [6.45, 7) is 0.119. The van der Waals surface area contributed by atoms with Gasteiger partial charge in [-0.3, -0.25) is 4.79 Å². The van der Waals surface area contributed by atoms with E-state index in [1.54, 1.807) is 6.07 Å². The maximum atomic E-state index is 13.5. The molecule has 2 aromatic carbocycles. The van der Waals surface area contributed by atoms with Gasteiger partial charge < -0.3 is 9.64 Å². The number of hydrogen-bond acceptors (Lipinski definition) is 4. The van der Waals surface area contributed by atoms with Gasteiger partial charge in [-0.05, 0) is 30.3 Å². The summed E-state index contributed by atoms with van der Waals surface area (Å²) in [6.07, 6.45) is 0. The van der Waals surface area contributed by atoms with E-state index in [4.69, 9.17) is 16.3 Å². The zero-order valence-corrected chi connectivity index (χ0v) is 16.2. The monoisotopic (exact) mass is 430 g/mol. The molecule has 1 aliphatic heterocycles. The summed E-state index contributed by atoms with van der Waals surface area (Å²) in [5, 5.41) is -0.278. The van der Waals surface area contributed by atoms with Crippen LogP contribution in [0.5, 0.6) is 5.75 Å². The Hall–Kier alpha value is -2.23. The highest BCUT2D eigenvalue weighted by atomic mass is 35.5. The predicted molar refractivity (Wildman–Crippen MR) is 98.6 cm³/mol. The number of para-hydroxylation sites is 1. The molecule has 0 aliphatic carbocycles. The van der Waals surface area contributed by atoms with Gasteiger partial charge in [-0.2, -0.15) is 4.31 Å². The van der Waals surface area contributed by atoms with Gasteiger partial charge in [0.2, 0.25) is 10.0 Å². The molecule has 150 valence electrons. The first-order valence-corrected chi connectivity index (χ1v) is 10.2. The molecule has 1 aliphatic rings. The third-order valence-corrected chi connectivity index (χ3v) is 6.49. The Morgan fingerprint density at radius 1 is 1.04 bits per heavy atom. The molecule has 28 heavy (non-hydrogen) atoms. The summed E-state index contributed by atoms with van der Waals surface area (Å²) < 4.78 is 58.5. The SMILES string of the molecule is O=C(COc1ccccc1F)N1CCN(S(=O)(=O)c2ccc(F)c(Cl)c2)CC1. The Bertz CT molecular complexity index is 979. The summed E-state index contributed by atoms with van der Waals surface area (Å²) in [6, 6.07) is 8.95. The van der Waals surface area contributed by atoms with Gasteiger partial charge in [0, 0.05) is 26.2 Å². The lowest BCUT2D eigenvalue weighted by molar-refractivity contribution is -0.134. The number of ether oxygens (including phenoxy) is 1. The van der Waals surface area contributed by atoms with E-state index in [2.05, 4.69) is 0 Å². The number of carbonyl (C=O) groups excluding carboxylic acids is 1. The number of benzene rings is 2. The second-order valence-electron chi connectivity index (χ2n) is 6.08. The van der Waals surface area contributed by atoms with Crippen LogP contribution in [0.25, 0.3) is 0 Å². The Morgan fingerprint density at radius 2 is 1.71 bits per heavy atom. The van der Waals surface area contributed by atoms with Crippen molar-refractivity contribution in [3.8, 4) is 5.75 Å². The Kier molecular flexibility index (Phi) is 6.17. The fourth-order valence-electron chi connectivity index (χ4n) is 2.76. The fourth-order valence-corrected chi connectivity index (χ4v) is 4.45. The molecule has 1 heterocycles. The summed E-state index contributed by atoms with van der Waals surface area (Å²) in [7, 11) is -3.85. The van der Waals surface area contributed by atoms with Crippen LogP contribution in [0.4, 0.5) is 8.78 Å². The molecule has 0 bridgehead atoms. The average molecular weight is 431 g/mol. The van der Waals surface area contributed by atoms with E-state index in [0.717, 1.165) is 18.2 Å². The molecule has 0 radical (unpaired) electrons. The van der Waals surface area contributed by atoms with Gasteiger partial charge in [-0.15, -0.1) is 0 Å². The maximum Gasteiger partial charge on any atom is 0.260 e. The second kappa shape index (κ2) is 8.42. The quantitative estimate of drug-likeness (QED) is 0.731. The maximum absolute atomic E-state index is 13.5. The molecule has 0 atom stereocenters. The highest BCUT2D eigenvalue weighted by molar-refractivity contribution is 7.89. The Labute approximate surface area is 166 Å². The average Bonchev–Trinajstić information content (AvgIpc) is 2.69. The van der Waals surface area contributed by atoms with Crippen molar-refractivity contribution in [1.29, 1.82) is 0 Å². The first-order chi connectivity index (χ1) is 13.3. The second-order valence-corrected chi connectivity index (χ2v) is 8.43. The minimum Gasteiger partial charge on any atom is -0.481 e. The summed E-state index contributed by atoms with van der Waals surface area (Å²) >= 11 is 5.67. The first-order valence-electron chi connectivity index (χ1n) is 8.39. The van der Waals surface area contributed by atoms with Gasteiger partial charge >= 0.3 is 0 Å². The molecule has 3 rings (SSSR count). The number of carbonyl (C=O) groups is 1. The lowest BCUT2D eigenvalue weighted by Gasteiger charge is -2.34. The highest BCUT2D eigenvalue weighted by Crippen LogP contribution is 2.23. The third-order valence-electron chi connectivity index (χ3n) is 4.31. The molecule has 0 N–H and O–H groups in total. The van der Waals surface area contributed by atoms with E-state index in [-0.39, 0.29) is 54.4 Å². The molecular formula is C18H17ClF2N2O4S. The minimum atomic E-state index is -3.85. The van der Waals surface area contributed by atoms with Crippen molar-refractivity contribution in [2.24, 2.45) is 0 Å². The first kappa shape index (κ1) is 20.5. The summed E-state index contributed by atoms with van der Waals surface area (Å²) in [5.41, 5.74) is 0. The molecule has 0 aromatic heterocycles. The number of piperazine rings is 1. The van der Waals surface area contributed by atoms with Crippen molar-refractivity contribution >= 4 is 27.5 Å².